The van der Waals surface area contributed by atoms with E-state index in [0.717, 1.165) is 11.3 Å². The van der Waals surface area contributed by atoms with Gasteiger partial charge in [0, 0.05) is 24.2 Å². The molecule has 0 spiro atoms. The molecule has 112 valence electrons. The Hall–Kier alpha value is -2.37. The normalized spacial score (nSPS) is 19.7. The van der Waals surface area contributed by atoms with E-state index in [-0.39, 0.29) is 18.4 Å². The molecule has 0 aromatic heterocycles. The smallest absolute Gasteiger partial charge is 0.323 e. The highest BCUT2D eigenvalue weighted by Crippen LogP contribution is 2.38. The average Bonchev–Trinajstić information content (AvgIpc) is 3.14. The van der Waals surface area contributed by atoms with E-state index in [4.69, 9.17) is 5.11 Å². The predicted molar refractivity (Wildman–Crippen MR) is 76.9 cm³/mol. The van der Waals surface area contributed by atoms with Crippen LogP contribution < -0.4 is 5.32 Å². The number of carboxylic acids is 1. The molecule has 2 atom stereocenters. The Morgan fingerprint density at radius 2 is 2.05 bits per heavy atom. The quantitative estimate of drug-likeness (QED) is 0.859. The van der Waals surface area contributed by atoms with Crippen molar-refractivity contribution in [3.63, 3.8) is 0 Å². The summed E-state index contributed by atoms with van der Waals surface area (Å²) in [7, 11) is 1.42. The topological polar surface area (TPSA) is 86.7 Å². The number of anilines is 1. The minimum atomic E-state index is -1.07. The van der Waals surface area contributed by atoms with Crippen LogP contribution in [-0.2, 0) is 9.59 Å². The second-order valence-corrected chi connectivity index (χ2v) is 5.44. The molecule has 0 saturated heterocycles. The van der Waals surface area contributed by atoms with Gasteiger partial charge < -0.3 is 15.3 Å². The van der Waals surface area contributed by atoms with E-state index in [0.29, 0.717) is 17.2 Å². The maximum atomic E-state index is 12.1. The van der Waals surface area contributed by atoms with Crippen LogP contribution in [0, 0.1) is 11.8 Å². The van der Waals surface area contributed by atoms with Crippen LogP contribution in [-0.4, -0.2) is 41.4 Å². The van der Waals surface area contributed by atoms with Gasteiger partial charge >= 0.3 is 5.97 Å². The lowest BCUT2D eigenvalue weighted by Crippen LogP contribution is -2.31. The van der Waals surface area contributed by atoms with Crippen molar-refractivity contribution in [2.45, 2.75) is 13.3 Å². The number of benzene rings is 1. The third-order valence-corrected chi connectivity index (χ3v) is 3.54. The van der Waals surface area contributed by atoms with Crippen molar-refractivity contribution in [3.05, 3.63) is 29.8 Å². The first-order valence-electron chi connectivity index (χ1n) is 6.76. The zero-order valence-corrected chi connectivity index (χ0v) is 12.0. The molecule has 6 nitrogen and oxygen atoms in total. The fourth-order valence-electron chi connectivity index (χ4n) is 2.15. The van der Waals surface area contributed by atoms with E-state index in [9.17, 15) is 14.4 Å². The van der Waals surface area contributed by atoms with E-state index in [1.807, 2.05) is 6.92 Å². The first kappa shape index (κ1) is 15.0. The summed E-state index contributed by atoms with van der Waals surface area (Å²) in [6.45, 7) is 1.65. The van der Waals surface area contributed by atoms with Crippen LogP contribution in [0.2, 0.25) is 0 Å². The van der Waals surface area contributed by atoms with Crippen LogP contribution in [0.4, 0.5) is 5.69 Å². The monoisotopic (exact) mass is 290 g/mol. The summed E-state index contributed by atoms with van der Waals surface area (Å²) >= 11 is 0. The van der Waals surface area contributed by atoms with Gasteiger partial charge in [-0.25, -0.2) is 0 Å². The van der Waals surface area contributed by atoms with Gasteiger partial charge in [-0.1, -0.05) is 13.0 Å². The van der Waals surface area contributed by atoms with Crippen molar-refractivity contribution in [2.24, 2.45) is 11.8 Å². The van der Waals surface area contributed by atoms with Crippen LogP contribution >= 0.6 is 0 Å². The number of hydrogen-bond acceptors (Lipinski definition) is 3. The molecule has 6 heteroatoms. The van der Waals surface area contributed by atoms with E-state index in [2.05, 4.69) is 5.32 Å². The molecule has 1 aliphatic rings. The predicted octanol–water partition coefficient (Wildman–Crippen LogP) is 1.44. The van der Waals surface area contributed by atoms with Crippen molar-refractivity contribution >= 4 is 23.5 Å². The molecule has 1 saturated carbocycles. The molecule has 2 N–H and O–H groups in total. The first-order valence-corrected chi connectivity index (χ1v) is 6.76. The van der Waals surface area contributed by atoms with Gasteiger partial charge in [0.1, 0.15) is 6.54 Å². The van der Waals surface area contributed by atoms with Crippen LogP contribution in [0.1, 0.15) is 23.7 Å². The molecule has 2 amide bonds. The van der Waals surface area contributed by atoms with Gasteiger partial charge in [-0.3, -0.25) is 14.4 Å². The highest BCUT2D eigenvalue weighted by atomic mass is 16.4. The summed E-state index contributed by atoms with van der Waals surface area (Å²) in [5.41, 5.74) is 0.897. The standard InChI is InChI=1S/C15H18N2O4/c1-9-6-12(9)14(20)16-11-5-3-4-10(7-11)15(21)17(2)8-13(18)19/h3-5,7,9,12H,6,8H2,1-2H3,(H,16,20)(H,18,19). The summed E-state index contributed by atoms with van der Waals surface area (Å²) in [5, 5.41) is 11.5. The minimum Gasteiger partial charge on any atom is -0.480 e. The Kier molecular flexibility index (Phi) is 4.26. The maximum absolute atomic E-state index is 12.1. The van der Waals surface area contributed by atoms with Crippen molar-refractivity contribution < 1.29 is 19.5 Å². The number of carbonyl (C=O) groups is 3. The fraction of sp³-hybridized carbons (Fsp3) is 0.400. The third-order valence-electron chi connectivity index (χ3n) is 3.54. The Balaban J connectivity index is 2.04. The van der Waals surface area contributed by atoms with Gasteiger partial charge in [0.25, 0.3) is 5.91 Å². The molecule has 0 heterocycles. The number of carboxylic acid groups (broad SMARTS) is 1. The summed E-state index contributed by atoms with van der Waals surface area (Å²) in [6.07, 6.45) is 0.895. The SMILES string of the molecule is CC1CC1C(=O)Nc1cccc(C(=O)N(C)CC(=O)O)c1. The van der Waals surface area contributed by atoms with E-state index >= 15 is 0 Å². The molecule has 1 aliphatic carbocycles. The van der Waals surface area contributed by atoms with Gasteiger partial charge in [-0.2, -0.15) is 0 Å². The number of amides is 2. The van der Waals surface area contributed by atoms with E-state index in [1.54, 1.807) is 24.3 Å². The van der Waals surface area contributed by atoms with Gasteiger partial charge in [0.2, 0.25) is 5.91 Å². The van der Waals surface area contributed by atoms with Crippen LogP contribution in [0.15, 0.2) is 24.3 Å². The Bertz CT molecular complexity index is 585. The Labute approximate surface area is 122 Å². The molecule has 2 rings (SSSR count). The Morgan fingerprint density at radius 3 is 2.62 bits per heavy atom. The molecule has 2 unspecified atom stereocenters. The average molecular weight is 290 g/mol. The second kappa shape index (κ2) is 5.95. The summed E-state index contributed by atoms with van der Waals surface area (Å²) in [6, 6.07) is 6.52. The number of nitrogens with zero attached hydrogens (tertiary/aromatic N) is 1. The number of nitrogens with one attached hydrogen (secondary N) is 1. The lowest BCUT2D eigenvalue weighted by molar-refractivity contribution is -0.137. The minimum absolute atomic E-state index is 0.0361. The fourth-order valence-corrected chi connectivity index (χ4v) is 2.15. The molecule has 0 bridgehead atoms. The molecule has 0 radical (unpaired) electrons. The number of aliphatic carboxylic acids is 1. The van der Waals surface area contributed by atoms with Crippen molar-refractivity contribution in [3.8, 4) is 0 Å². The van der Waals surface area contributed by atoms with Crippen molar-refractivity contribution in [2.75, 3.05) is 18.9 Å². The van der Waals surface area contributed by atoms with Crippen molar-refractivity contribution in [1.82, 2.24) is 4.90 Å². The van der Waals surface area contributed by atoms with E-state index in [1.165, 1.54) is 7.05 Å². The zero-order chi connectivity index (χ0) is 15.6. The zero-order valence-electron chi connectivity index (χ0n) is 12.0. The Morgan fingerprint density at radius 1 is 1.38 bits per heavy atom. The van der Waals surface area contributed by atoms with Gasteiger partial charge in [-0.15, -0.1) is 0 Å². The van der Waals surface area contributed by atoms with Crippen LogP contribution in [0.5, 0.6) is 0 Å². The lowest BCUT2D eigenvalue weighted by Gasteiger charge is -2.15. The number of hydrogen-bond donors (Lipinski definition) is 2. The lowest BCUT2D eigenvalue weighted by atomic mass is 10.1. The summed E-state index contributed by atoms with van der Waals surface area (Å²) in [4.78, 5) is 35.7. The van der Waals surface area contributed by atoms with Crippen molar-refractivity contribution in [1.29, 1.82) is 0 Å². The summed E-state index contributed by atoms with van der Waals surface area (Å²) < 4.78 is 0. The highest BCUT2D eigenvalue weighted by Gasteiger charge is 2.39. The third kappa shape index (κ3) is 3.81. The molecule has 1 fully saturated rings. The highest BCUT2D eigenvalue weighted by molar-refractivity contribution is 5.99. The first-order chi connectivity index (χ1) is 9.88. The number of carbonyl (C=O) groups excluding carboxylic acids is 2. The second-order valence-electron chi connectivity index (χ2n) is 5.44. The number of likely N-dealkylation sites (N-methyl/N-ethyl adjacent to an activating group) is 1. The maximum Gasteiger partial charge on any atom is 0.323 e. The summed E-state index contributed by atoms with van der Waals surface area (Å²) in [5.74, 6) is -1.03. The van der Waals surface area contributed by atoms with E-state index < -0.39 is 11.9 Å². The molecule has 1 aromatic rings. The molecule has 1 aromatic carbocycles. The van der Waals surface area contributed by atoms with Crippen LogP contribution in [0.3, 0.4) is 0 Å². The van der Waals surface area contributed by atoms with Gasteiger partial charge in [-0.05, 0) is 30.5 Å². The number of rotatable bonds is 5. The van der Waals surface area contributed by atoms with Gasteiger partial charge in [0.05, 0.1) is 0 Å². The molecular formula is C15H18N2O4. The molecule has 21 heavy (non-hydrogen) atoms. The molecule has 0 aliphatic heterocycles. The largest absolute Gasteiger partial charge is 0.480 e. The van der Waals surface area contributed by atoms with Gasteiger partial charge in [0.15, 0.2) is 0 Å². The molecular weight excluding hydrogens is 272 g/mol. The van der Waals surface area contributed by atoms with Crippen LogP contribution in [0.25, 0.3) is 0 Å².